The predicted molar refractivity (Wildman–Crippen MR) is 18.1 cm³/mol. The van der Waals surface area contributed by atoms with Gasteiger partial charge < -0.3 is 20.8 Å². The molecule has 0 aromatic rings. The van der Waals surface area contributed by atoms with Crippen LogP contribution in [-0.4, -0.2) is 27.9 Å². The molecule has 0 aliphatic carbocycles. The molecule has 0 aliphatic rings. The van der Waals surface area contributed by atoms with Gasteiger partial charge in [-0.25, -0.2) is 0 Å². The van der Waals surface area contributed by atoms with E-state index in [1.54, 1.807) is 0 Å². The van der Waals surface area contributed by atoms with Crippen LogP contribution in [0.2, 0.25) is 0 Å². The Morgan fingerprint density at radius 3 is 1.29 bits per heavy atom. The molecule has 0 saturated carbocycles. The van der Waals surface area contributed by atoms with E-state index in [-0.39, 0.29) is 52.4 Å². The number of rotatable bonds is 0. The van der Waals surface area contributed by atoms with Crippen LogP contribution in [0.4, 0.5) is 0 Å². The van der Waals surface area contributed by atoms with Gasteiger partial charge in [0, 0.05) is 0 Å². The summed E-state index contributed by atoms with van der Waals surface area (Å²) in [6.07, 6.45) is 0. The summed E-state index contributed by atoms with van der Waals surface area (Å²) < 4.78 is 0. The summed E-state index contributed by atoms with van der Waals surface area (Å²) in [7, 11) is 0. The SMILES string of the molecule is O=[N+]([O-])[O-].[Al+3].[Na+].[OH-]. The minimum atomic E-state index is -1.75. The second kappa shape index (κ2) is 15.9. The second-order valence-electron chi connectivity index (χ2n) is 0.224. The molecule has 0 aromatic heterocycles. The molecule has 0 atom stereocenters. The Balaban J connectivity index is -0.0000000150. The third kappa shape index (κ3) is 307. The molecule has 0 bridgehead atoms. The third-order valence-corrected chi connectivity index (χ3v) is 0. The molecule has 0 spiro atoms. The Morgan fingerprint density at radius 1 is 1.29 bits per heavy atom. The van der Waals surface area contributed by atoms with Crippen LogP contribution < -0.4 is 29.6 Å². The van der Waals surface area contributed by atoms with Gasteiger partial charge in [0.05, 0.1) is 5.09 Å². The van der Waals surface area contributed by atoms with Crippen molar-refractivity contribution in [2.45, 2.75) is 0 Å². The van der Waals surface area contributed by atoms with E-state index in [2.05, 4.69) is 0 Å². The van der Waals surface area contributed by atoms with Crippen molar-refractivity contribution < 1.29 is 40.1 Å². The molecule has 0 rings (SSSR count). The normalized spacial score (nSPS) is 3.43. The van der Waals surface area contributed by atoms with Gasteiger partial charge in [0.25, 0.3) is 0 Å². The minimum Gasteiger partial charge on any atom is -0.870 e. The summed E-state index contributed by atoms with van der Waals surface area (Å²) in [6.45, 7) is 0. The summed E-state index contributed by atoms with van der Waals surface area (Å²) >= 11 is 0. The van der Waals surface area contributed by atoms with Crippen LogP contribution in [0.25, 0.3) is 0 Å². The smallest absolute Gasteiger partial charge is 0.870 e. The van der Waals surface area contributed by atoms with E-state index in [0.29, 0.717) is 0 Å². The molecule has 1 N–H and O–H groups in total. The van der Waals surface area contributed by atoms with E-state index < -0.39 is 5.09 Å². The van der Waals surface area contributed by atoms with E-state index >= 15 is 0 Å². The second-order valence-corrected chi connectivity index (χ2v) is 0.224. The summed E-state index contributed by atoms with van der Waals surface area (Å²) in [4.78, 5) is 8.25. The summed E-state index contributed by atoms with van der Waals surface area (Å²) in [5.41, 5.74) is 0. The maximum Gasteiger partial charge on any atom is 3.00 e. The van der Waals surface area contributed by atoms with Crippen molar-refractivity contribution in [2.24, 2.45) is 0 Å². The van der Waals surface area contributed by atoms with E-state index in [0.717, 1.165) is 0 Å². The van der Waals surface area contributed by atoms with Crippen LogP contribution in [0.1, 0.15) is 0 Å². The molecule has 7 heteroatoms. The zero-order valence-electron chi connectivity index (χ0n) is 3.70. The first-order valence-corrected chi connectivity index (χ1v) is 0.548. The molecule has 0 aliphatic heterocycles. The topological polar surface area (TPSA) is 96.2 Å². The van der Waals surface area contributed by atoms with E-state index in [9.17, 15) is 0 Å². The van der Waals surface area contributed by atoms with Crippen molar-refractivity contribution in [3.05, 3.63) is 15.3 Å². The molecule has 0 saturated heterocycles. The maximum absolute atomic E-state index is 8.25. The summed E-state index contributed by atoms with van der Waals surface area (Å²) in [5.74, 6) is 0. The van der Waals surface area contributed by atoms with Gasteiger partial charge in [-0.1, -0.05) is 0 Å². The van der Waals surface area contributed by atoms with Gasteiger partial charge >= 0.3 is 46.9 Å². The molecule has 0 amide bonds. The standard InChI is InChI=1S/Al.NO3.Na.H2O/c;2-1(3)4;;/h;;;1H2/q+3;-1;+1;/p-1. The van der Waals surface area contributed by atoms with Crippen LogP contribution in [0, 0.1) is 15.3 Å². The fourth-order valence-corrected chi connectivity index (χ4v) is 0. The zero-order valence-corrected chi connectivity index (χ0v) is 6.85. The average molecular weight is 129 g/mol. The van der Waals surface area contributed by atoms with Crippen molar-refractivity contribution in [1.29, 1.82) is 0 Å². The molecule has 5 nitrogen and oxygen atoms in total. The first-order valence-electron chi connectivity index (χ1n) is 0.548. The monoisotopic (exact) mass is 129 g/mol. The number of hydrogen-bond donors (Lipinski definition) is 0. The quantitative estimate of drug-likeness (QED) is 0.190. The number of hydrogen-bond acceptors (Lipinski definition) is 4. The summed E-state index contributed by atoms with van der Waals surface area (Å²) in [6, 6.07) is 0. The van der Waals surface area contributed by atoms with E-state index in [4.69, 9.17) is 15.3 Å². The molecule has 0 fully saturated rings. The van der Waals surface area contributed by atoms with Gasteiger partial charge in [0.15, 0.2) is 0 Å². The van der Waals surface area contributed by atoms with Crippen molar-refractivity contribution in [3.63, 3.8) is 0 Å². The van der Waals surface area contributed by atoms with E-state index in [1.165, 1.54) is 0 Å². The average Bonchev–Trinajstić information content (AvgIpc) is 0.811. The van der Waals surface area contributed by atoms with Crippen molar-refractivity contribution in [3.8, 4) is 0 Å². The van der Waals surface area contributed by atoms with Gasteiger partial charge in [-0.2, -0.15) is 0 Å². The van der Waals surface area contributed by atoms with Gasteiger partial charge in [0.2, 0.25) is 0 Å². The first kappa shape index (κ1) is 25.3. The van der Waals surface area contributed by atoms with E-state index in [1.807, 2.05) is 0 Å². The van der Waals surface area contributed by atoms with Crippen molar-refractivity contribution in [2.75, 3.05) is 0 Å². The van der Waals surface area contributed by atoms with Crippen LogP contribution in [-0.2, 0) is 0 Å². The molecular formula is HAlNNaO4+2. The minimum absolute atomic E-state index is 0. The maximum atomic E-state index is 8.25. The molecule has 0 aromatic carbocycles. The van der Waals surface area contributed by atoms with Crippen molar-refractivity contribution >= 4 is 17.4 Å². The Kier molecular flexibility index (Phi) is 57.4. The van der Waals surface area contributed by atoms with Gasteiger partial charge in [-0.15, -0.1) is 0 Å². The molecule has 7 heavy (non-hydrogen) atoms. The zero-order chi connectivity index (χ0) is 3.58. The van der Waals surface area contributed by atoms with Gasteiger partial charge in [-0.05, 0) is 0 Å². The third-order valence-electron chi connectivity index (χ3n) is 0. The van der Waals surface area contributed by atoms with Crippen molar-refractivity contribution in [1.82, 2.24) is 0 Å². The molecule has 0 radical (unpaired) electrons. The predicted octanol–water partition coefficient (Wildman–Crippen LogP) is -3.79. The molecular weight excluding hydrogens is 128 g/mol. The fourth-order valence-electron chi connectivity index (χ4n) is 0. The Morgan fingerprint density at radius 2 is 1.29 bits per heavy atom. The summed E-state index contributed by atoms with van der Waals surface area (Å²) in [5, 5.41) is 14.8. The largest absolute Gasteiger partial charge is 3.00 e. The molecule has 0 heterocycles. The van der Waals surface area contributed by atoms with Crippen LogP contribution in [0.3, 0.4) is 0 Å². The number of nitrogens with zero attached hydrogens (tertiary/aromatic N) is 1. The Hall–Kier alpha value is 0.692. The van der Waals surface area contributed by atoms with Crippen LogP contribution in [0.5, 0.6) is 0 Å². The fraction of sp³-hybridized carbons (Fsp3) is 0. The molecule has 0 unspecified atom stereocenters. The van der Waals surface area contributed by atoms with Gasteiger partial charge in [-0.3, -0.25) is 0 Å². The first-order chi connectivity index (χ1) is 1.73. The Labute approximate surface area is 72.5 Å². The molecule has 32 valence electrons. The van der Waals surface area contributed by atoms with Gasteiger partial charge in [0.1, 0.15) is 0 Å². The van der Waals surface area contributed by atoms with Crippen LogP contribution in [0.15, 0.2) is 0 Å². The van der Waals surface area contributed by atoms with Crippen LogP contribution >= 0.6 is 0 Å². The Bertz CT molecular complexity index is 34.7.